The second-order valence-electron chi connectivity index (χ2n) is 2.27. The van der Waals surface area contributed by atoms with Gasteiger partial charge in [0.05, 0.1) is 6.54 Å². The predicted octanol–water partition coefficient (Wildman–Crippen LogP) is -1.24. The molecule has 0 aliphatic rings. The molecule has 3 N–H and O–H groups in total. The van der Waals surface area contributed by atoms with Gasteiger partial charge in [0, 0.05) is 0 Å². The Bertz CT molecular complexity index is 246. The summed E-state index contributed by atoms with van der Waals surface area (Å²) in [6.07, 6.45) is 0. The number of aromatic nitrogens is 4. The average molecular weight is 171 g/mol. The van der Waals surface area contributed by atoms with Crippen molar-refractivity contribution in [1.29, 1.82) is 0 Å². The molecule has 0 radical (unpaired) electrons. The maximum absolute atomic E-state index is 10.3. The molecule has 0 saturated carbocycles. The van der Waals surface area contributed by atoms with Crippen LogP contribution < -0.4 is 5.32 Å². The first-order valence-electron chi connectivity index (χ1n) is 3.38. The lowest BCUT2D eigenvalue weighted by Crippen LogP contribution is -2.33. The summed E-state index contributed by atoms with van der Waals surface area (Å²) in [4.78, 5) is 10.3. The molecule has 1 heterocycles. The fraction of sp³-hybridized carbons (Fsp3) is 0.600. The molecule has 66 valence electrons. The molecule has 0 aliphatic carbocycles. The van der Waals surface area contributed by atoms with Crippen LogP contribution in [0.15, 0.2) is 0 Å². The van der Waals surface area contributed by atoms with Gasteiger partial charge in [0.15, 0.2) is 5.82 Å². The molecular formula is C5H9N5O2. The number of aromatic amines is 1. The Labute approximate surface area is 68.2 Å². The molecule has 1 atom stereocenters. The number of tetrazole rings is 1. The topological polar surface area (TPSA) is 104 Å². The molecule has 0 saturated heterocycles. The number of hydrogen-bond acceptors (Lipinski definition) is 5. The molecule has 0 amide bonds. The van der Waals surface area contributed by atoms with Crippen molar-refractivity contribution in [3.05, 3.63) is 5.82 Å². The molecule has 7 nitrogen and oxygen atoms in total. The summed E-state index contributed by atoms with van der Waals surface area (Å²) >= 11 is 0. The standard InChI is InChI=1S/C5H9N5O2/c1-3(5(11)12)6-2-4-7-9-10-8-4/h3,6H,2H2,1H3,(H,11,12)(H,7,8,9,10). The lowest BCUT2D eigenvalue weighted by molar-refractivity contribution is -0.139. The van der Waals surface area contributed by atoms with Crippen molar-refractivity contribution in [3.63, 3.8) is 0 Å². The molecular weight excluding hydrogens is 162 g/mol. The Kier molecular flexibility index (Phi) is 2.70. The van der Waals surface area contributed by atoms with Crippen molar-refractivity contribution in [2.24, 2.45) is 0 Å². The van der Waals surface area contributed by atoms with E-state index >= 15 is 0 Å². The molecule has 7 heteroatoms. The van der Waals surface area contributed by atoms with Gasteiger partial charge in [0.1, 0.15) is 6.04 Å². The third kappa shape index (κ3) is 2.27. The van der Waals surface area contributed by atoms with Crippen LogP contribution in [0, 0.1) is 0 Å². The van der Waals surface area contributed by atoms with Gasteiger partial charge in [-0.25, -0.2) is 0 Å². The SMILES string of the molecule is CC(NCc1nn[nH]n1)C(=O)O. The smallest absolute Gasteiger partial charge is 0.320 e. The Hall–Kier alpha value is -1.50. The van der Waals surface area contributed by atoms with E-state index in [2.05, 4.69) is 25.9 Å². The molecule has 1 aromatic rings. The summed E-state index contributed by atoms with van der Waals surface area (Å²) in [6, 6.07) is -0.608. The Morgan fingerprint density at radius 2 is 2.58 bits per heavy atom. The van der Waals surface area contributed by atoms with E-state index in [4.69, 9.17) is 5.11 Å². The predicted molar refractivity (Wildman–Crippen MR) is 38.1 cm³/mol. The molecule has 0 spiro atoms. The van der Waals surface area contributed by atoms with Crippen molar-refractivity contribution in [1.82, 2.24) is 25.9 Å². The van der Waals surface area contributed by atoms with Gasteiger partial charge in [-0.15, -0.1) is 10.2 Å². The number of carboxylic acids is 1. The normalized spacial score (nSPS) is 12.8. The first-order valence-corrected chi connectivity index (χ1v) is 3.38. The summed E-state index contributed by atoms with van der Waals surface area (Å²) in [6.45, 7) is 1.84. The minimum absolute atomic E-state index is 0.296. The highest BCUT2D eigenvalue weighted by atomic mass is 16.4. The summed E-state index contributed by atoms with van der Waals surface area (Å²) in [5.41, 5.74) is 0. The van der Waals surface area contributed by atoms with Gasteiger partial charge in [-0.1, -0.05) is 5.21 Å². The van der Waals surface area contributed by atoms with Crippen LogP contribution in [0.4, 0.5) is 0 Å². The third-order valence-corrected chi connectivity index (χ3v) is 1.33. The van der Waals surface area contributed by atoms with Crippen LogP contribution in [0.25, 0.3) is 0 Å². The Balaban J connectivity index is 2.31. The lowest BCUT2D eigenvalue weighted by Gasteiger charge is -2.05. The summed E-state index contributed by atoms with van der Waals surface area (Å²) < 4.78 is 0. The van der Waals surface area contributed by atoms with Gasteiger partial charge in [0.2, 0.25) is 0 Å². The van der Waals surface area contributed by atoms with Crippen LogP contribution >= 0.6 is 0 Å². The molecule has 0 fully saturated rings. The first-order chi connectivity index (χ1) is 5.70. The highest BCUT2D eigenvalue weighted by molar-refractivity contribution is 5.72. The number of aliphatic carboxylic acids is 1. The van der Waals surface area contributed by atoms with Crippen LogP contribution in [0.3, 0.4) is 0 Å². The Morgan fingerprint density at radius 1 is 1.83 bits per heavy atom. The fourth-order valence-electron chi connectivity index (χ4n) is 0.589. The molecule has 0 aromatic carbocycles. The summed E-state index contributed by atoms with van der Waals surface area (Å²) in [5.74, 6) is -0.457. The van der Waals surface area contributed by atoms with E-state index in [9.17, 15) is 4.79 Å². The number of H-pyrrole nitrogens is 1. The van der Waals surface area contributed by atoms with Gasteiger partial charge in [-0.3, -0.25) is 10.1 Å². The fourth-order valence-corrected chi connectivity index (χ4v) is 0.589. The molecule has 0 aliphatic heterocycles. The van der Waals surface area contributed by atoms with Crippen LogP contribution in [0.5, 0.6) is 0 Å². The number of rotatable bonds is 4. The van der Waals surface area contributed by atoms with E-state index in [1.165, 1.54) is 0 Å². The van der Waals surface area contributed by atoms with E-state index in [1.807, 2.05) is 0 Å². The van der Waals surface area contributed by atoms with Crippen molar-refractivity contribution in [2.45, 2.75) is 19.5 Å². The van der Waals surface area contributed by atoms with Crippen molar-refractivity contribution in [2.75, 3.05) is 0 Å². The second kappa shape index (κ2) is 3.77. The number of nitrogens with one attached hydrogen (secondary N) is 2. The van der Waals surface area contributed by atoms with Crippen molar-refractivity contribution < 1.29 is 9.90 Å². The highest BCUT2D eigenvalue weighted by Gasteiger charge is 2.10. The van der Waals surface area contributed by atoms with Crippen molar-refractivity contribution >= 4 is 5.97 Å². The van der Waals surface area contributed by atoms with E-state index in [-0.39, 0.29) is 0 Å². The quantitative estimate of drug-likeness (QED) is 0.523. The van der Waals surface area contributed by atoms with E-state index < -0.39 is 12.0 Å². The number of nitrogens with zero attached hydrogens (tertiary/aromatic N) is 3. The zero-order chi connectivity index (χ0) is 8.97. The lowest BCUT2D eigenvalue weighted by atomic mass is 10.3. The monoisotopic (exact) mass is 171 g/mol. The summed E-state index contributed by atoms with van der Waals surface area (Å²) in [7, 11) is 0. The van der Waals surface area contributed by atoms with Gasteiger partial charge < -0.3 is 5.11 Å². The number of carbonyl (C=O) groups is 1. The summed E-state index contributed by atoms with van der Waals surface area (Å²) in [5, 5.41) is 24.1. The Morgan fingerprint density at radius 3 is 3.08 bits per heavy atom. The number of carboxylic acid groups (broad SMARTS) is 1. The van der Waals surface area contributed by atoms with E-state index in [0.29, 0.717) is 12.4 Å². The third-order valence-electron chi connectivity index (χ3n) is 1.33. The molecule has 1 rings (SSSR count). The van der Waals surface area contributed by atoms with Crippen LogP contribution in [-0.2, 0) is 11.3 Å². The van der Waals surface area contributed by atoms with Gasteiger partial charge in [-0.2, -0.15) is 5.21 Å². The van der Waals surface area contributed by atoms with Gasteiger partial charge >= 0.3 is 5.97 Å². The zero-order valence-electron chi connectivity index (χ0n) is 6.48. The van der Waals surface area contributed by atoms with Gasteiger partial charge in [-0.05, 0) is 6.92 Å². The van der Waals surface area contributed by atoms with E-state index in [1.54, 1.807) is 6.92 Å². The minimum atomic E-state index is -0.904. The number of hydrogen-bond donors (Lipinski definition) is 3. The van der Waals surface area contributed by atoms with E-state index in [0.717, 1.165) is 0 Å². The maximum atomic E-state index is 10.3. The minimum Gasteiger partial charge on any atom is -0.480 e. The molecule has 1 aromatic heterocycles. The van der Waals surface area contributed by atoms with Crippen LogP contribution in [-0.4, -0.2) is 37.7 Å². The molecule has 1 unspecified atom stereocenters. The van der Waals surface area contributed by atoms with Crippen LogP contribution in [0.2, 0.25) is 0 Å². The van der Waals surface area contributed by atoms with Crippen molar-refractivity contribution in [3.8, 4) is 0 Å². The molecule has 12 heavy (non-hydrogen) atoms. The highest BCUT2D eigenvalue weighted by Crippen LogP contribution is 1.85. The van der Waals surface area contributed by atoms with Crippen LogP contribution in [0.1, 0.15) is 12.7 Å². The maximum Gasteiger partial charge on any atom is 0.320 e. The van der Waals surface area contributed by atoms with Gasteiger partial charge in [0.25, 0.3) is 0 Å². The zero-order valence-corrected chi connectivity index (χ0v) is 6.48. The largest absolute Gasteiger partial charge is 0.480 e. The molecule has 0 bridgehead atoms. The second-order valence-corrected chi connectivity index (χ2v) is 2.27. The average Bonchev–Trinajstić information content (AvgIpc) is 2.51. The first kappa shape index (κ1) is 8.60.